The monoisotopic (exact) mass is 419 g/mol. The van der Waals surface area contributed by atoms with Gasteiger partial charge in [-0.25, -0.2) is 0 Å². The molecule has 0 atom stereocenters. The molecule has 1 saturated carbocycles. The fourth-order valence-corrected chi connectivity index (χ4v) is 4.46. The molecule has 2 aliphatic heterocycles. The first-order chi connectivity index (χ1) is 14.7. The van der Waals surface area contributed by atoms with Gasteiger partial charge in [0.15, 0.2) is 5.17 Å². The van der Waals surface area contributed by atoms with E-state index in [0.717, 1.165) is 55.2 Å². The number of nitrogens with one attached hydrogen (secondary N) is 2. The van der Waals surface area contributed by atoms with Crippen LogP contribution in [0.5, 0.6) is 5.75 Å². The number of aliphatic imine (C=N–C) groups is 1. The van der Waals surface area contributed by atoms with Gasteiger partial charge in [-0.3, -0.25) is 14.8 Å². The van der Waals surface area contributed by atoms with Crippen LogP contribution in [0.25, 0.3) is 17.0 Å². The average Bonchev–Trinajstić information content (AvgIpc) is 3.51. The number of nitriles is 1. The molecular formula is C22H21N5O2S. The van der Waals surface area contributed by atoms with Crippen molar-refractivity contribution in [2.45, 2.75) is 37.8 Å². The van der Waals surface area contributed by atoms with Crippen LogP contribution in [0.2, 0.25) is 0 Å². The van der Waals surface area contributed by atoms with E-state index in [1.165, 1.54) is 11.8 Å². The number of pyridine rings is 1. The van der Waals surface area contributed by atoms with Crippen LogP contribution in [0.1, 0.15) is 36.8 Å². The highest BCUT2D eigenvalue weighted by molar-refractivity contribution is 8.18. The summed E-state index contributed by atoms with van der Waals surface area (Å²) in [5, 5.41) is 17.2. The molecule has 2 aromatic rings. The van der Waals surface area contributed by atoms with E-state index in [1.54, 1.807) is 6.20 Å². The van der Waals surface area contributed by atoms with Crippen LogP contribution >= 0.6 is 11.8 Å². The molecule has 152 valence electrons. The second kappa shape index (κ2) is 8.09. The molecule has 0 unspecified atom stereocenters. The SMILES string of the molecule is N#Cc1cnc2ccc(C=C3SC(=NC4CC4)NC3=O)cc2c1OC1CCNCC1. The Hall–Kier alpha value is -2.89. The van der Waals surface area contributed by atoms with Gasteiger partial charge in [0.2, 0.25) is 0 Å². The molecule has 3 heterocycles. The highest BCUT2D eigenvalue weighted by Crippen LogP contribution is 2.34. The molecule has 1 aliphatic carbocycles. The lowest BCUT2D eigenvalue weighted by Gasteiger charge is -2.25. The van der Waals surface area contributed by atoms with Gasteiger partial charge in [-0.15, -0.1) is 0 Å². The van der Waals surface area contributed by atoms with E-state index in [9.17, 15) is 10.1 Å². The Morgan fingerprint density at radius 2 is 2.10 bits per heavy atom. The smallest absolute Gasteiger partial charge is 0.264 e. The van der Waals surface area contributed by atoms with Gasteiger partial charge in [0.05, 0.1) is 16.5 Å². The summed E-state index contributed by atoms with van der Waals surface area (Å²) in [6, 6.07) is 8.33. The van der Waals surface area contributed by atoms with Crippen molar-refractivity contribution in [1.82, 2.24) is 15.6 Å². The lowest BCUT2D eigenvalue weighted by Crippen LogP contribution is -2.34. The molecule has 0 bridgehead atoms. The fraction of sp³-hybridized carbons (Fsp3) is 0.364. The number of amidine groups is 1. The fourth-order valence-electron chi connectivity index (χ4n) is 3.57. The van der Waals surface area contributed by atoms with E-state index in [2.05, 4.69) is 26.7 Å². The molecule has 3 aliphatic rings. The standard InChI is InChI=1S/C22H21N5O2S/c23-11-14-12-25-18-4-1-13(9-17(18)20(14)29-16-5-7-24-8-6-16)10-19-21(28)27-22(30-19)26-15-2-3-15/h1,4,9-10,12,15-16,24H,2-3,5-8H2,(H,26,27,28). The van der Waals surface area contributed by atoms with E-state index in [0.29, 0.717) is 27.4 Å². The number of carbonyl (C=O) groups excluding carboxylic acids is 1. The zero-order valence-electron chi connectivity index (χ0n) is 16.4. The van der Waals surface area contributed by atoms with Gasteiger partial charge in [0, 0.05) is 11.6 Å². The predicted molar refractivity (Wildman–Crippen MR) is 117 cm³/mol. The highest BCUT2D eigenvalue weighted by Gasteiger charge is 2.28. The summed E-state index contributed by atoms with van der Waals surface area (Å²) in [5.74, 6) is 0.448. The van der Waals surface area contributed by atoms with Crippen molar-refractivity contribution in [2.75, 3.05) is 13.1 Å². The summed E-state index contributed by atoms with van der Waals surface area (Å²) in [6.07, 6.45) is 7.48. The number of carbonyl (C=O) groups is 1. The lowest BCUT2D eigenvalue weighted by atomic mass is 10.1. The molecule has 7 nitrogen and oxygen atoms in total. The molecule has 2 N–H and O–H groups in total. The number of piperidine rings is 1. The van der Waals surface area contributed by atoms with Crippen molar-refractivity contribution in [3.8, 4) is 11.8 Å². The van der Waals surface area contributed by atoms with Gasteiger partial charge >= 0.3 is 0 Å². The van der Waals surface area contributed by atoms with E-state index in [-0.39, 0.29) is 12.0 Å². The molecule has 0 radical (unpaired) electrons. The first-order valence-corrected chi connectivity index (χ1v) is 11.0. The third kappa shape index (κ3) is 4.04. The number of fused-ring (bicyclic) bond motifs is 1. The van der Waals surface area contributed by atoms with Crippen molar-refractivity contribution in [3.63, 3.8) is 0 Å². The average molecular weight is 420 g/mol. The van der Waals surface area contributed by atoms with Crippen LogP contribution in [0.3, 0.4) is 0 Å². The zero-order chi connectivity index (χ0) is 20.5. The number of rotatable bonds is 4. The predicted octanol–water partition coefficient (Wildman–Crippen LogP) is 2.96. The maximum atomic E-state index is 12.3. The first kappa shape index (κ1) is 19.1. The molecule has 8 heteroatoms. The summed E-state index contributed by atoms with van der Waals surface area (Å²) in [5.41, 5.74) is 2.05. The molecule has 1 amide bonds. The summed E-state index contributed by atoms with van der Waals surface area (Å²) in [4.78, 5) is 21.9. The minimum atomic E-state index is -0.130. The molecule has 30 heavy (non-hydrogen) atoms. The maximum Gasteiger partial charge on any atom is 0.264 e. The minimum Gasteiger partial charge on any atom is -0.488 e. The van der Waals surface area contributed by atoms with Gasteiger partial charge in [0.1, 0.15) is 23.5 Å². The quantitative estimate of drug-likeness (QED) is 0.739. The van der Waals surface area contributed by atoms with Crippen molar-refractivity contribution >= 4 is 39.8 Å². The van der Waals surface area contributed by atoms with Gasteiger partial charge in [0.25, 0.3) is 5.91 Å². The van der Waals surface area contributed by atoms with Crippen LogP contribution in [0.15, 0.2) is 34.3 Å². The van der Waals surface area contributed by atoms with Crippen LogP contribution < -0.4 is 15.4 Å². The van der Waals surface area contributed by atoms with Crippen molar-refractivity contribution in [2.24, 2.45) is 4.99 Å². The summed E-state index contributed by atoms with van der Waals surface area (Å²) in [6.45, 7) is 1.81. The molecule has 2 saturated heterocycles. The number of hydrogen-bond donors (Lipinski definition) is 2. The summed E-state index contributed by atoms with van der Waals surface area (Å²) in [7, 11) is 0. The Balaban J connectivity index is 1.49. The van der Waals surface area contributed by atoms with Crippen LogP contribution in [0, 0.1) is 11.3 Å². The number of amides is 1. The van der Waals surface area contributed by atoms with Gasteiger partial charge in [-0.05, 0) is 74.3 Å². The number of ether oxygens (including phenoxy) is 1. The second-order valence-corrected chi connectivity index (χ2v) is 8.72. The van der Waals surface area contributed by atoms with Gasteiger partial charge in [-0.2, -0.15) is 5.26 Å². The number of hydrogen-bond acceptors (Lipinski definition) is 7. The normalized spacial score (nSPS) is 22.4. The summed E-state index contributed by atoms with van der Waals surface area (Å²) < 4.78 is 6.28. The number of thioether (sulfide) groups is 1. The Bertz CT molecular complexity index is 1110. The minimum absolute atomic E-state index is 0.0725. The van der Waals surface area contributed by atoms with Crippen molar-refractivity contribution < 1.29 is 9.53 Å². The third-order valence-corrected chi connectivity index (χ3v) is 6.25. The number of nitrogens with zero attached hydrogens (tertiary/aromatic N) is 3. The Morgan fingerprint density at radius 1 is 1.27 bits per heavy atom. The van der Waals surface area contributed by atoms with Crippen LogP contribution in [-0.2, 0) is 4.79 Å². The Kier molecular flexibility index (Phi) is 5.15. The highest BCUT2D eigenvalue weighted by atomic mass is 32.2. The second-order valence-electron chi connectivity index (χ2n) is 7.69. The number of aromatic nitrogens is 1. The van der Waals surface area contributed by atoms with Gasteiger partial charge in [-0.1, -0.05) is 6.07 Å². The van der Waals surface area contributed by atoms with Crippen molar-refractivity contribution in [1.29, 1.82) is 5.26 Å². The summed E-state index contributed by atoms with van der Waals surface area (Å²) >= 11 is 1.37. The van der Waals surface area contributed by atoms with E-state index in [4.69, 9.17) is 4.74 Å². The number of benzene rings is 1. The molecule has 5 rings (SSSR count). The third-order valence-electron chi connectivity index (χ3n) is 5.33. The van der Waals surface area contributed by atoms with Crippen LogP contribution in [0.4, 0.5) is 0 Å². The maximum absolute atomic E-state index is 12.3. The molecular weight excluding hydrogens is 398 g/mol. The molecule has 0 spiro atoms. The van der Waals surface area contributed by atoms with Gasteiger partial charge < -0.3 is 15.4 Å². The lowest BCUT2D eigenvalue weighted by molar-refractivity contribution is -0.115. The van der Waals surface area contributed by atoms with Crippen molar-refractivity contribution in [3.05, 3.63) is 40.4 Å². The zero-order valence-corrected chi connectivity index (χ0v) is 17.2. The molecule has 1 aromatic heterocycles. The largest absolute Gasteiger partial charge is 0.488 e. The Labute approximate surface area is 178 Å². The molecule has 3 fully saturated rings. The van der Waals surface area contributed by atoms with E-state index >= 15 is 0 Å². The topological polar surface area (TPSA) is 99.4 Å². The Morgan fingerprint density at radius 3 is 2.87 bits per heavy atom. The van der Waals surface area contributed by atoms with E-state index in [1.807, 2.05) is 24.3 Å². The van der Waals surface area contributed by atoms with E-state index < -0.39 is 0 Å². The molecule has 1 aromatic carbocycles. The first-order valence-electron chi connectivity index (χ1n) is 10.2. The van der Waals surface area contributed by atoms with Crippen LogP contribution in [-0.4, -0.2) is 41.3 Å².